The van der Waals surface area contributed by atoms with Crippen molar-refractivity contribution >= 4 is 32.3 Å². The van der Waals surface area contributed by atoms with Crippen LogP contribution in [-0.4, -0.2) is 0 Å². The Labute approximate surface area is 334 Å². The lowest BCUT2D eigenvalue weighted by molar-refractivity contribution is 0.660. The number of hydrogen-bond donors (Lipinski definition) is 0. The van der Waals surface area contributed by atoms with Gasteiger partial charge in [0.25, 0.3) is 0 Å². The number of hydrogen-bond acceptors (Lipinski definition) is 0. The third-order valence-electron chi connectivity index (χ3n) is 12.5. The van der Waals surface area contributed by atoms with Crippen LogP contribution in [0.15, 0.2) is 206 Å². The molecule has 268 valence electrons. The zero-order chi connectivity index (χ0) is 38.1. The van der Waals surface area contributed by atoms with Crippen molar-refractivity contribution in [3.05, 3.63) is 217 Å². The fraction of sp³-hybridized carbons (Fsp3) is 0.0526. The molecule has 0 aromatic heterocycles. The first kappa shape index (κ1) is 33.3. The minimum Gasteiger partial charge on any atom is -0.0622 e. The standard InChI is InChI=1S/C57H40/c1-57(2)55-24-14-13-23-49(55)50-30-27-43(36-56(50)57)46-22-12-11-21-45(46)41-25-28-47-44(31-41)35-52(38-17-7-4-8-18-38)54-34-42(26-29-48(47)54)53-33-40-20-10-9-19-39(40)32-51(53)37-15-5-3-6-16-37/h3-36H,1-2H3. The molecule has 11 rings (SSSR count). The van der Waals surface area contributed by atoms with Gasteiger partial charge in [0.2, 0.25) is 0 Å². The molecule has 0 heteroatoms. The molecule has 0 unspecified atom stereocenters. The van der Waals surface area contributed by atoms with Gasteiger partial charge < -0.3 is 0 Å². The molecule has 0 spiro atoms. The van der Waals surface area contributed by atoms with Crippen LogP contribution in [-0.2, 0) is 5.41 Å². The van der Waals surface area contributed by atoms with Crippen LogP contribution in [0.5, 0.6) is 0 Å². The van der Waals surface area contributed by atoms with Crippen LogP contribution in [0.4, 0.5) is 0 Å². The largest absolute Gasteiger partial charge is 0.0622 e. The highest BCUT2D eigenvalue weighted by atomic mass is 14.4. The van der Waals surface area contributed by atoms with E-state index in [2.05, 4.69) is 220 Å². The molecule has 0 N–H and O–H groups in total. The normalized spacial score (nSPS) is 12.9. The number of rotatable bonds is 5. The van der Waals surface area contributed by atoms with Gasteiger partial charge >= 0.3 is 0 Å². The van der Waals surface area contributed by atoms with Gasteiger partial charge in [-0.3, -0.25) is 0 Å². The Balaban J connectivity index is 1.08. The average Bonchev–Trinajstić information content (AvgIpc) is 3.51. The minimum atomic E-state index is -0.0496. The Hall–Kier alpha value is -7.02. The van der Waals surface area contributed by atoms with Gasteiger partial charge in [-0.1, -0.05) is 184 Å². The van der Waals surface area contributed by atoms with Gasteiger partial charge in [0.1, 0.15) is 0 Å². The highest BCUT2D eigenvalue weighted by Crippen LogP contribution is 2.50. The van der Waals surface area contributed by atoms with E-state index in [-0.39, 0.29) is 5.41 Å². The van der Waals surface area contributed by atoms with E-state index in [0.29, 0.717) is 0 Å². The van der Waals surface area contributed by atoms with E-state index in [0.717, 1.165) is 0 Å². The summed E-state index contributed by atoms with van der Waals surface area (Å²) in [4.78, 5) is 0. The summed E-state index contributed by atoms with van der Waals surface area (Å²) in [6.45, 7) is 4.72. The first-order valence-corrected chi connectivity index (χ1v) is 20.0. The van der Waals surface area contributed by atoms with Crippen LogP contribution >= 0.6 is 0 Å². The van der Waals surface area contributed by atoms with Gasteiger partial charge in [-0.2, -0.15) is 0 Å². The second kappa shape index (κ2) is 13.0. The molecule has 0 nitrogen and oxygen atoms in total. The van der Waals surface area contributed by atoms with Gasteiger partial charge in [0, 0.05) is 5.41 Å². The molecule has 1 aliphatic carbocycles. The monoisotopic (exact) mass is 724 g/mol. The molecular formula is C57H40. The molecule has 57 heavy (non-hydrogen) atoms. The van der Waals surface area contributed by atoms with Crippen LogP contribution in [0.2, 0.25) is 0 Å². The van der Waals surface area contributed by atoms with Crippen molar-refractivity contribution in [2.45, 2.75) is 19.3 Å². The Kier molecular flexibility index (Phi) is 7.63. The molecule has 0 heterocycles. The van der Waals surface area contributed by atoms with E-state index in [4.69, 9.17) is 0 Å². The van der Waals surface area contributed by atoms with Gasteiger partial charge in [-0.25, -0.2) is 0 Å². The van der Waals surface area contributed by atoms with Crippen molar-refractivity contribution in [1.29, 1.82) is 0 Å². The summed E-state index contributed by atoms with van der Waals surface area (Å²) in [5.74, 6) is 0. The first-order valence-electron chi connectivity index (χ1n) is 20.0. The van der Waals surface area contributed by atoms with Crippen LogP contribution < -0.4 is 0 Å². The Morgan fingerprint density at radius 3 is 1.40 bits per heavy atom. The molecule has 0 bridgehead atoms. The lowest BCUT2D eigenvalue weighted by Crippen LogP contribution is -2.14. The second-order valence-electron chi connectivity index (χ2n) is 16.1. The fourth-order valence-electron chi connectivity index (χ4n) is 9.55. The molecule has 1 aliphatic rings. The zero-order valence-electron chi connectivity index (χ0n) is 32.1. The van der Waals surface area contributed by atoms with Crippen molar-refractivity contribution < 1.29 is 0 Å². The summed E-state index contributed by atoms with van der Waals surface area (Å²) < 4.78 is 0. The van der Waals surface area contributed by atoms with Gasteiger partial charge in [0.05, 0.1) is 0 Å². The lowest BCUT2D eigenvalue weighted by atomic mass is 9.81. The van der Waals surface area contributed by atoms with Crippen molar-refractivity contribution in [2.24, 2.45) is 0 Å². The summed E-state index contributed by atoms with van der Waals surface area (Å²) in [5, 5.41) is 7.51. The highest BCUT2D eigenvalue weighted by Gasteiger charge is 2.35. The summed E-state index contributed by atoms with van der Waals surface area (Å²) in [5.41, 5.74) is 17.8. The summed E-state index contributed by atoms with van der Waals surface area (Å²) in [7, 11) is 0. The Morgan fingerprint density at radius 2 is 0.719 bits per heavy atom. The number of benzene rings is 10. The molecular weight excluding hydrogens is 685 g/mol. The predicted molar refractivity (Wildman–Crippen MR) is 244 cm³/mol. The van der Waals surface area contributed by atoms with Crippen molar-refractivity contribution in [3.8, 4) is 66.8 Å². The van der Waals surface area contributed by atoms with E-state index in [1.165, 1.54) is 110 Å². The van der Waals surface area contributed by atoms with Crippen LogP contribution in [0.1, 0.15) is 25.0 Å². The van der Waals surface area contributed by atoms with Gasteiger partial charge in [-0.05, 0) is 147 Å². The SMILES string of the molecule is CC1(C)c2ccccc2-c2ccc(-c3ccccc3-c3ccc4c(c3)cc(-c3ccccc3)c3cc(-c5cc6ccccc6cc5-c5ccccc5)ccc34)cc21. The highest BCUT2D eigenvalue weighted by molar-refractivity contribution is 6.16. The lowest BCUT2D eigenvalue weighted by Gasteiger charge is -2.22. The molecule has 10 aromatic rings. The minimum absolute atomic E-state index is 0.0496. The molecule has 10 aromatic carbocycles. The van der Waals surface area contributed by atoms with E-state index in [1.807, 2.05) is 0 Å². The zero-order valence-corrected chi connectivity index (χ0v) is 32.1. The molecule has 0 saturated carbocycles. The summed E-state index contributed by atoms with van der Waals surface area (Å²) >= 11 is 0. The molecule has 0 aliphatic heterocycles. The van der Waals surface area contributed by atoms with Crippen LogP contribution in [0, 0.1) is 0 Å². The van der Waals surface area contributed by atoms with Crippen molar-refractivity contribution in [1.82, 2.24) is 0 Å². The maximum absolute atomic E-state index is 2.44. The summed E-state index contributed by atoms with van der Waals surface area (Å²) in [6, 6.07) is 76.5. The molecule has 0 saturated heterocycles. The molecule has 0 atom stereocenters. The Morgan fingerprint density at radius 1 is 0.246 bits per heavy atom. The number of fused-ring (bicyclic) bond motifs is 7. The third kappa shape index (κ3) is 5.44. The third-order valence-corrected chi connectivity index (χ3v) is 12.5. The van der Waals surface area contributed by atoms with Crippen molar-refractivity contribution in [3.63, 3.8) is 0 Å². The maximum Gasteiger partial charge on any atom is 0.0159 e. The van der Waals surface area contributed by atoms with Crippen LogP contribution in [0.3, 0.4) is 0 Å². The maximum atomic E-state index is 2.44. The quantitative estimate of drug-likeness (QED) is 0.155. The second-order valence-corrected chi connectivity index (χ2v) is 16.1. The molecule has 0 fully saturated rings. The van der Waals surface area contributed by atoms with E-state index in [9.17, 15) is 0 Å². The molecule has 0 amide bonds. The van der Waals surface area contributed by atoms with Gasteiger partial charge in [-0.15, -0.1) is 0 Å². The van der Waals surface area contributed by atoms with E-state index >= 15 is 0 Å². The van der Waals surface area contributed by atoms with Crippen LogP contribution in [0.25, 0.3) is 99.1 Å². The fourth-order valence-corrected chi connectivity index (χ4v) is 9.55. The average molecular weight is 725 g/mol. The Bertz CT molecular complexity index is 3180. The van der Waals surface area contributed by atoms with E-state index in [1.54, 1.807) is 0 Å². The van der Waals surface area contributed by atoms with Gasteiger partial charge in [0.15, 0.2) is 0 Å². The van der Waals surface area contributed by atoms with Crippen molar-refractivity contribution in [2.75, 3.05) is 0 Å². The topological polar surface area (TPSA) is 0 Å². The van der Waals surface area contributed by atoms with E-state index < -0.39 is 0 Å². The summed E-state index contributed by atoms with van der Waals surface area (Å²) in [6.07, 6.45) is 0. The smallest absolute Gasteiger partial charge is 0.0159 e. The first-order chi connectivity index (χ1) is 28.0. The molecule has 0 radical (unpaired) electrons. The predicted octanol–water partition coefficient (Wildman–Crippen LogP) is 15.8.